The average Bonchev–Trinajstić information content (AvgIpc) is 2.80. The van der Waals surface area contributed by atoms with E-state index in [4.69, 9.17) is 9.72 Å². The van der Waals surface area contributed by atoms with E-state index in [2.05, 4.69) is 33.0 Å². The zero-order valence-corrected chi connectivity index (χ0v) is 13.4. The van der Waals surface area contributed by atoms with Crippen molar-refractivity contribution in [3.63, 3.8) is 0 Å². The topological polar surface area (TPSA) is 34.1 Å². The van der Waals surface area contributed by atoms with Gasteiger partial charge in [-0.15, -0.1) is 11.3 Å². The van der Waals surface area contributed by atoms with Gasteiger partial charge in [0.2, 0.25) is 0 Å². The molecule has 1 fully saturated rings. The molecule has 108 valence electrons. The van der Waals surface area contributed by atoms with Gasteiger partial charge < -0.3 is 10.1 Å². The number of rotatable bonds is 4. The number of aromatic nitrogens is 1. The Morgan fingerprint density at radius 3 is 2.79 bits per heavy atom. The van der Waals surface area contributed by atoms with Gasteiger partial charge in [0, 0.05) is 29.5 Å². The van der Waals surface area contributed by atoms with Crippen LogP contribution in [0.5, 0.6) is 0 Å². The summed E-state index contributed by atoms with van der Waals surface area (Å²) >= 11 is 1.88. The molecule has 1 aliphatic rings. The molecule has 3 nitrogen and oxygen atoms in total. The molecule has 19 heavy (non-hydrogen) atoms. The lowest BCUT2D eigenvalue weighted by atomic mass is 10.0. The molecule has 1 aromatic rings. The molecule has 1 aliphatic heterocycles. The Labute approximate surface area is 120 Å². The lowest BCUT2D eigenvalue weighted by molar-refractivity contribution is 0.0803. The van der Waals surface area contributed by atoms with E-state index in [1.54, 1.807) is 0 Å². The summed E-state index contributed by atoms with van der Waals surface area (Å²) in [6, 6.07) is 0. The average molecular weight is 282 g/mol. The van der Waals surface area contributed by atoms with Crippen molar-refractivity contribution in [2.75, 3.05) is 13.2 Å². The molecule has 1 unspecified atom stereocenters. The first-order chi connectivity index (χ1) is 8.99. The molecule has 2 heterocycles. The highest BCUT2D eigenvalue weighted by atomic mass is 32.1. The summed E-state index contributed by atoms with van der Waals surface area (Å²) in [4.78, 5) is 6.25. The zero-order valence-electron chi connectivity index (χ0n) is 12.6. The normalized spacial score (nSPS) is 20.7. The van der Waals surface area contributed by atoms with Crippen LogP contribution in [0.15, 0.2) is 0 Å². The summed E-state index contributed by atoms with van der Waals surface area (Å²) in [7, 11) is 0. The van der Waals surface area contributed by atoms with Crippen molar-refractivity contribution in [2.45, 2.75) is 65.0 Å². The molecular formula is C15H26N2OS. The molecule has 0 radical (unpaired) electrons. The van der Waals surface area contributed by atoms with Gasteiger partial charge in [-0.3, -0.25) is 0 Å². The number of nitrogens with one attached hydrogen (secondary N) is 1. The number of hydrogen-bond acceptors (Lipinski definition) is 4. The minimum absolute atomic E-state index is 0.156. The fourth-order valence-corrected chi connectivity index (χ4v) is 3.49. The first-order valence-electron chi connectivity index (χ1n) is 7.31. The molecule has 1 N–H and O–H groups in total. The lowest BCUT2D eigenvalue weighted by Gasteiger charge is -2.20. The van der Waals surface area contributed by atoms with Crippen molar-refractivity contribution < 1.29 is 4.74 Å². The summed E-state index contributed by atoms with van der Waals surface area (Å²) < 4.78 is 5.58. The summed E-state index contributed by atoms with van der Waals surface area (Å²) in [5.74, 6) is 0.521. The van der Waals surface area contributed by atoms with E-state index in [1.165, 1.54) is 28.4 Å². The van der Waals surface area contributed by atoms with Crippen LogP contribution in [0.2, 0.25) is 0 Å². The molecule has 2 rings (SSSR count). The van der Waals surface area contributed by atoms with Crippen LogP contribution in [0.25, 0.3) is 0 Å². The second-order valence-corrected chi connectivity index (χ2v) is 7.41. The second kappa shape index (κ2) is 6.33. The van der Waals surface area contributed by atoms with Gasteiger partial charge >= 0.3 is 0 Å². The molecule has 0 saturated carbocycles. The maximum Gasteiger partial charge on any atom is 0.0985 e. The van der Waals surface area contributed by atoms with E-state index < -0.39 is 0 Å². The number of aryl methyl sites for hydroxylation is 1. The predicted molar refractivity (Wildman–Crippen MR) is 80.9 cm³/mol. The van der Waals surface area contributed by atoms with E-state index in [0.29, 0.717) is 5.92 Å². The molecule has 0 amide bonds. The van der Waals surface area contributed by atoms with Crippen LogP contribution in [-0.2, 0) is 17.7 Å². The van der Waals surface area contributed by atoms with Crippen molar-refractivity contribution in [3.8, 4) is 0 Å². The first kappa shape index (κ1) is 14.9. The summed E-state index contributed by atoms with van der Waals surface area (Å²) in [6.45, 7) is 11.5. The highest BCUT2D eigenvalue weighted by molar-refractivity contribution is 7.11. The van der Waals surface area contributed by atoms with Gasteiger partial charge in [0.25, 0.3) is 0 Å². The molecule has 1 saturated heterocycles. The van der Waals surface area contributed by atoms with Gasteiger partial charge in [0.15, 0.2) is 0 Å². The smallest absolute Gasteiger partial charge is 0.0985 e. The predicted octanol–water partition coefficient (Wildman–Crippen LogP) is 3.49. The van der Waals surface area contributed by atoms with Crippen LogP contribution in [0.4, 0.5) is 0 Å². The van der Waals surface area contributed by atoms with Crippen molar-refractivity contribution in [3.05, 3.63) is 15.6 Å². The molecule has 0 spiro atoms. The van der Waals surface area contributed by atoms with Crippen molar-refractivity contribution >= 4 is 11.3 Å². The minimum atomic E-state index is 0.156. The van der Waals surface area contributed by atoms with Gasteiger partial charge in [-0.25, -0.2) is 4.98 Å². The number of hydrogen-bond donors (Lipinski definition) is 1. The fourth-order valence-electron chi connectivity index (χ4n) is 2.27. The minimum Gasteiger partial charge on any atom is -0.381 e. The Bertz CT molecular complexity index is 403. The summed E-state index contributed by atoms with van der Waals surface area (Å²) in [5.41, 5.74) is 1.42. The lowest BCUT2D eigenvalue weighted by Crippen LogP contribution is -2.35. The third kappa shape index (κ3) is 4.26. The molecule has 0 aromatic carbocycles. The Morgan fingerprint density at radius 2 is 2.21 bits per heavy atom. The van der Waals surface area contributed by atoms with Gasteiger partial charge in [-0.1, -0.05) is 6.92 Å². The molecule has 1 atom stereocenters. The van der Waals surface area contributed by atoms with Crippen LogP contribution in [0.3, 0.4) is 0 Å². The Kier molecular flexibility index (Phi) is 4.98. The standard InChI is InChI=1S/C15H26N2OS/c1-5-12-13(9-16-15(2,3)4)19-14(17-12)11-7-6-8-18-10-11/h11,16H,5-10H2,1-4H3. The van der Waals surface area contributed by atoms with Crippen LogP contribution >= 0.6 is 11.3 Å². The second-order valence-electron chi connectivity index (χ2n) is 6.29. The maximum absolute atomic E-state index is 5.58. The fraction of sp³-hybridized carbons (Fsp3) is 0.800. The third-order valence-corrected chi connectivity index (χ3v) is 4.68. The SMILES string of the molecule is CCc1nc(C2CCCOC2)sc1CNC(C)(C)C. The first-order valence-corrected chi connectivity index (χ1v) is 8.12. The number of ether oxygens (including phenoxy) is 1. The van der Waals surface area contributed by atoms with E-state index in [1.807, 2.05) is 11.3 Å². The quantitative estimate of drug-likeness (QED) is 0.918. The van der Waals surface area contributed by atoms with Crippen LogP contribution < -0.4 is 5.32 Å². The number of nitrogens with zero attached hydrogens (tertiary/aromatic N) is 1. The molecule has 0 bridgehead atoms. The van der Waals surface area contributed by atoms with Crippen LogP contribution in [0.1, 0.15) is 62.0 Å². The molecular weight excluding hydrogens is 256 g/mol. The Balaban J connectivity index is 2.07. The van der Waals surface area contributed by atoms with Crippen molar-refractivity contribution in [2.24, 2.45) is 0 Å². The molecule has 1 aromatic heterocycles. The zero-order chi connectivity index (χ0) is 13.9. The van der Waals surface area contributed by atoms with Crippen molar-refractivity contribution in [1.29, 1.82) is 0 Å². The van der Waals surface area contributed by atoms with E-state index in [-0.39, 0.29) is 5.54 Å². The van der Waals surface area contributed by atoms with Crippen LogP contribution in [-0.4, -0.2) is 23.7 Å². The van der Waals surface area contributed by atoms with Gasteiger partial charge in [0.05, 0.1) is 17.3 Å². The van der Waals surface area contributed by atoms with E-state index in [0.717, 1.165) is 26.2 Å². The highest BCUT2D eigenvalue weighted by Gasteiger charge is 2.22. The molecule has 4 heteroatoms. The van der Waals surface area contributed by atoms with E-state index in [9.17, 15) is 0 Å². The summed E-state index contributed by atoms with van der Waals surface area (Å²) in [5, 5.41) is 4.85. The van der Waals surface area contributed by atoms with Gasteiger partial charge in [-0.2, -0.15) is 0 Å². The van der Waals surface area contributed by atoms with E-state index >= 15 is 0 Å². The Morgan fingerprint density at radius 1 is 1.42 bits per heavy atom. The van der Waals surface area contributed by atoms with Crippen molar-refractivity contribution in [1.82, 2.24) is 10.3 Å². The number of thiazole rings is 1. The monoisotopic (exact) mass is 282 g/mol. The maximum atomic E-state index is 5.58. The molecule has 0 aliphatic carbocycles. The highest BCUT2D eigenvalue weighted by Crippen LogP contribution is 2.31. The Hall–Kier alpha value is -0.450. The largest absolute Gasteiger partial charge is 0.381 e. The summed E-state index contributed by atoms with van der Waals surface area (Å²) in [6.07, 6.45) is 3.41. The van der Waals surface area contributed by atoms with Gasteiger partial charge in [-0.05, 0) is 40.0 Å². The van der Waals surface area contributed by atoms with Gasteiger partial charge in [0.1, 0.15) is 0 Å². The third-order valence-electron chi connectivity index (χ3n) is 3.42. The van der Waals surface area contributed by atoms with Crippen LogP contribution in [0, 0.1) is 0 Å².